The molecule has 0 bridgehead atoms. The summed E-state index contributed by atoms with van der Waals surface area (Å²) in [6.45, 7) is 7.57. The highest BCUT2D eigenvalue weighted by Gasteiger charge is 2.48. The molecule has 0 unspecified atom stereocenters. The minimum atomic E-state index is -0.786. The van der Waals surface area contributed by atoms with Crippen LogP contribution in [0, 0.1) is 17.9 Å². The van der Waals surface area contributed by atoms with Gasteiger partial charge in [0.2, 0.25) is 0 Å². The molecule has 0 saturated carbocycles. The minimum absolute atomic E-state index is 0.555. The normalized spacial score (nSPS) is 15.5. The summed E-state index contributed by atoms with van der Waals surface area (Å²) in [5, 5.41) is 9.62. The van der Waals surface area contributed by atoms with Crippen LogP contribution >= 0.6 is 0 Å². The number of nitriles is 1. The molecule has 1 aliphatic rings. The molecule has 0 amide bonds. The maximum Gasteiger partial charge on any atom is 0.187 e. The Morgan fingerprint density at radius 1 is 0.743 bits per heavy atom. The summed E-state index contributed by atoms with van der Waals surface area (Å²) < 4.78 is 0. The van der Waals surface area contributed by atoms with Crippen molar-refractivity contribution in [3.8, 4) is 28.5 Å². The number of nitrogens with zero attached hydrogens (tertiary/aromatic N) is 4. The Bertz CT molecular complexity index is 1600. The topological polar surface area (TPSA) is 53.9 Å². The maximum absolute atomic E-state index is 9.62. The van der Waals surface area contributed by atoms with Crippen LogP contribution in [-0.4, -0.2) is 9.97 Å². The van der Waals surface area contributed by atoms with Gasteiger partial charge in [-0.3, -0.25) is 9.97 Å². The fraction of sp³-hybridized carbons (Fsp3) is 0.0323. The lowest BCUT2D eigenvalue weighted by molar-refractivity contribution is 0.707. The molecule has 6 rings (SSSR count). The molecule has 0 spiro atoms. The van der Waals surface area contributed by atoms with Crippen molar-refractivity contribution in [1.82, 2.24) is 9.97 Å². The molecule has 0 N–H and O–H groups in total. The standard InChI is InChI=1S/C31H18N4/c1-33-23-14-16-27-25(19-23)24-18-21(20-32)13-15-26(24)31(27,29-11-5-6-17-34-29)30-12-7-10-28(35-30)22-8-3-2-4-9-22/h2-19H/t31-/m1/s1. The van der Waals surface area contributed by atoms with Crippen molar-refractivity contribution in [3.63, 3.8) is 0 Å². The number of rotatable bonds is 3. The smallest absolute Gasteiger partial charge is 0.187 e. The molecule has 0 fully saturated rings. The summed E-state index contributed by atoms with van der Waals surface area (Å²) in [6, 6.07) is 35.9. The van der Waals surface area contributed by atoms with E-state index in [9.17, 15) is 5.26 Å². The van der Waals surface area contributed by atoms with E-state index in [1.54, 1.807) is 6.20 Å². The van der Waals surface area contributed by atoms with Crippen molar-refractivity contribution < 1.29 is 0 Å². The molecule has 4 heteroatoms. The van der Waals surface area contributed by atoms with Crippen molar-refractivity contribution in [2.75, 3.05) is 0 Å². The maximum atomic E-state index is 9.62. The van der Waals surface area contributed by atoms with Crippen LogP contribution in [0.25, 0.3) is 27.2 Å². The highest BCUT2D eigenvalue weighted by Crippen LogP contribution is 2.56. The Labute approximate surface area is 203 Å². The number of pyridine rings is 2. The van der Waals surface area contributed by atoms with Crippen LogP contribution in [0.2, 0.25) is 0 Å². The first-order valence-corrected chi connectivity index (χ1v) is 11.3. The Morgan fingerprint density at radius 2 is 1.49 bits per heavy atom. The molecular formula is C31H18N4. The summed E-state index contributed by atoms with van der Waals surface area (Å²) in [6.07, 6.45) is 1.80. The lowest BCUT2D eigenvalue weighted by Gasteiger charge is -2.31. The summed E-state index contributed by atoms with van der Waals surface area (Å²) in [7, 11) is 0. The highest BCUT2D eigenvalue weighted by atomic mass is 14.8. The van der Waals surface area contributed by atoms with Gasteiger partial charge in [0, 0.05) is 11.8 Å². The van der Waals surface area contributed by atoms with Gasteiger partial charge < -0.3 is 0 Å². The van der Waals surface area contributed by atoms with Crippen LogP contribution in [0.5, 0.6) is 0 Å². The largest absolute Gasteiger partial charge is 0.260 e. The van der Waals surface area contributed by atoms with Gasteiger partial charge in [-0.15, -0.1) is 0 Å². The van der Waals surface area contributed by atoms with Crippen molar-refractivity contribution in [2.24, 2.45) is 0 Å². The Balaban J connectivity index is 1.74. The number of hydrogen-bond donors (Lipinski definition) is 0. The zero-order valence-electron chi connectivity index (χ0n) is 18.7. The molecule has 1 aliphatic carbocycles. The monoisotopic (exact) mass is 446 g/mol. The van der Waals surface area contributed by atoms with Crippen LogP contribution in [0.4, 0.5) is 5.69 Å². The quantitative estimate of drug-likeness (QED) is 0.277. The van der Waals surface area contributed by atoms with Gasteiger partial charge in [-0.2, -0.15) is 5.26 Å². The van der Waals surface area contributed by atoms with E-state index in [0.29, 0.717) is 11.3 Å². The molecule has 3 aromatic carbocycles. The number of hydrogen-bond acceptors (Lipinski definition) is 3. The fourth-order valence-electron chi connectivity index (χ4n) is 5.14. The van der Waals surface area contributed by atoms with E-state index in [-0.39, 0.29) is 0 Å². The van der Waals surface area contributed by atoms with E-state index in [0.717, 1.165) is 44.9 Å². The average Bonchev–Trinajstić information content (AvgIpc) is 3.23. The van der Waals surface area contributed by atoms with Gasteiger partial charge in [0.1, 0.15) is 5.41 Å². The van der Waals surface area contributed by atoms with Crippen molar-refractivity contribution in [2.45, 2.75) is 5.41 Å². The first kappa shape index (κ1) is 20.5. The van der Waals surface area contributed by atoms with E-state index in [1.165, 1.54) is 0 Å². The summed E-state index contributed by atoms with van der Waals surface area (Å²) >= 11 is 0. The molecule has 162 valence electrons. The van der Waals surface area contributed by atoms with Crippen LogP contribution in [0.3, 0.4) is 0 Å². The van der Waals surface area contributed by atoms with Gasteiger partial charge >= 0.3 is 0 Å². The molecule has 2 aromatic heterocycles. The second-order valence-electron chi connectivity index (χ2n) is 8.45. The van der Waals surface area contributed by atoms with Crippen LogP contribution in [0.15, 0.2) is 109 Å². The second-order valence-corrected chi connectivity index (χ2v) is 8.45. The van der Waals surface area contributed by atoms with Crippen molar-refractivity contribution in [1.29, 1.82) is 5.26 Å². The Morgan fingerprint density at radius 3 is 2.23 bits per heavy atom. The third-order valence-electron chi connectivity index (χ3n) is 6.63. The molecular weight excluding hydrogens is 428 g/mol. The fourth-order valence-corrected chi connectivity index (χ4v) is 5.14. The van der Waals surface area contributed by atoms with Gasteiger partial charge in [-0.1, -0.05) is 60.7 Å². The number of fused-ring (bicyclic) bond motifs is 3. The van der Waals surface area contributed by atoms with E-state index in [1.807, 2.05) is 91.0 Å². The molecule has 5 aromatic rings. The van der Waals surface area contributed by atoms with Gasteiger partial charge in [-0.25, -0.2) is 4.85 Å². The van der Waals surface area contributed by atoms with Gasteiger partial charge in [0.25, 0.3) is 0 Å². The Hall–Kier alpha value is -5.06. The Kier molecular flexibility index (Phi) is 4.73. The molecule has 2 heterocycles. The molecule has 4 nitrogen and oxygen atoms in total. The number of aromatic nitrogens is 2. The lowest BCUT2D eigenvalue weighted by Crippen LogP contribution is -2.31. The molecule has 0 aliphatic heterocycles. The molecule has 0 radical (unpaired) electrons. The van der Waals surface area contributed by atoms with Crippen molar-refractivity contribution >= 4 is 5.69 Å². The SMILES string of the molecule is [C-]#[N+]c1ccc2c(c1)-c1cc(C#N)ccc1[C@@]2(c1ccccn1)c1cccc(-c2ccccc2)n1. The van der Waals surface area contributed by atoms with Gasteiger partial charge in [-0.05, 0) is 64.7 Å². The first-order valence-electron chi connectivity index (χ1n) is 11.3. The average molecular weight is 447 g/mol. The third-order valence-corrected chi connectivity index (χ3v) is 6.63. The second kappa shape index (κ2) is 8.06. The zero-order chi connectivity index (χ0) is 23.8. The minimum Gasteiger partial charge on any atom is -0.260 e. The van der Waals surface area contributed by atoms with E-state index < -0.39 is 5.41 Å². The van der Waals surface area contributed by atoms with Crippen LogP contribution < -0.4 is 0 Å². The molecule has 1 atom stereocenters. The van der Waals surface area contributed by atoms with Gasteiger partial charge in [0.05, 0.1) is 35.3 Å². The predicted molar refractivity (Wildman–Crippen MR) is 136 cm³/mol. The highest BCUT2D eigenvalue weighted by molar-refractivity contribution is 5.88. The zero-order valence-corrected chi connectivity index (χ0v) is 18.7. The predicted octanol–water partition coefficient (Wildman–Crippen LogP) is 6.93. The summed E-state index contributed by atoms with van der Waals surface area (Å²) in [5.74, 6) is 0. The van der Waals surface area contributed by atoms with Crippen molar-refractivity contribution in [3.05, 3.63) is 149 Å². The van der Waals surface area contributed by atoms with E-state index in [2.05, 4.69) is 23.0 Å². The molecule has 0 saturated heterocycles. The van der Waals surface area contributed by atoms with E-state index in [4.69, 9.17) is 16.5 Å². The third kappa shape index (κ3) is 3.05. The van der Waals surface area contributed by atoms with Crippen LogP contribution in [-0.2, 0) is 5.41 Å². The van der Waals surface area contributed by atoms with Crippen LogP contribution in [0.1, 0.15) is 28.1 Å². The van der Waals surface area contributed by atoms with Gasteiger partial charge in [0.15, 0.2) is 5.69 Å². The number of benzene rings is 3. The summed E-state index contributed by atoms with van der Waals surface area (Å²) in [5.41, 5.74) is 7.82. The first-order chi connectivity index (χ1) is 17.3. The van der Waals surface area contributed by atoms with E-state index >= 15 is 0 Å². The lowest BCUT2D eigenvalue weighted by atomic mass is 9.72. The molecule has 35 heavy (non-hydrogen) atoms. The summed E-state index contributed by atoms with van der Waals surface area (Å²) in [4.78, 5) is 13.7.